The average molecular weight is 418 g/mol. The van der Waals surface area contributed by atoms with E-state index >= 15 is 0 Å². The van der Waals surface area contributed by atoms with Crippen LogP contribution in [0.3, 0.4) is 0 Å². The zero-order valence-electron chi connectivity index (χ0n) is 17.8. The molecule has 0 aliphatic heterocycles. The van der Waals surface area contributed by atoms with E-state index in [1.807, 2.05) is 12.1 Å². The second-order valence-corrected chi connectivity index (χ2v) is 9.60. The van der Waals surface area contributed by atoms with Gasteiger partial charge in [-0.3, -0.25) is 4.79 Å². The molecule has 0 bridgehead atoms. The minimum absolute atomic E-state index is 0.0330. The van der Waals surface area contributed by atoms with Gasteiger partial charge in [0.2, 0.25) is 0 Å². The lowest BCUT2D eigenvalue weighted by atomic mass is 9.84. The van der Waals surface area contributed by atoms with Gasteiger partial charge in [0.05, 0.1) is 4.88 Å². The quantitative estimate of drug-likeness (QED) is 0.432. The topological polar surface area (TPSA) is 29.1 Å². The molecule has 2 nitrogen and oxygen atoms in total. The monoisotopic (exact) mass is 417 g/mol. The van der Waals surface area contributed by atoms with Crippen molar-refractivity contribution in [2.75, 3.05) is 0 Å². The molecule has 3 heteroatoms. The van der Waals surface area contributed by atoms with E-state index in [9.17, 15) is 4.79 Å². The van der Waals surface area contributed by atoms with Crippen molar-refractivity contribution in [3.05, 3.63) is 82.7 Å². The van der Waals surface area contributed by atoms with Crippen LogP contribution < -0.4 is 5.32 Å². The van der Waals surface area contributed by atoms with Crippen molar-refractivity contribution in [3.8, 4) is 10.4 Å². The first kappa shape index (κ1) is 20.9. The van der Waals surface area contributed by atoms with E-state index in [1.54, 1.807) is 11.3 Å². The third kappa shape index (κ3) is 5.40. The smallest absolute Gasteiger partial charge is 0.261 e. The van der Waals surface area contributed by atoms with Crippen LogP contribution in [0.2, 0.25) is 0 Å². The lowest BCUT2D eigenvalue weighted by molar-refractivity contribution is 0.0942. The van der Waals surface area contributed by atoms with Gasteiger partial charge in [-0.1, -0.05) is 73.9 Å². The molecule has 1 aliphatic carbocycles. The molecule has 1 unspecified atom stereocenters. The number of carbonyl (C=O) groups is 1. The molecule has 3 aromatic rings. The Hall–Kier alpha value is -2.39. The summed E-state index contributed by atoms with van der Waals surface area (Å²) in [5.74, 6) is 0.764. The summed E-state index contributed by atoms with van der Waals surface area (Å²) in [6, 6.07) is 23.6. The SMILES string of the molecule is CC(CCc1ccccc1)NC(=O)c1ccc(-c2ccc(C3CCCCC3)cc2)s1. The van der Waals surface area contributed by atoms with E-state index < -0.39 is 0 Å². The number of rotatable bonds is 7. The molecule has 1 heterocycles. The van der Waals surface area contributed by atoms with Gasteiger partial charge in [0.25, 0.3) is 5.91 Å². The summed E-state index contributed by atoms with van der Waals surface area (Å²) in [4.78, 5) is 14.6. The maximum atomic E-state index is 12.7. The summed E-state index contributed by atoms with van der Waals surface area (Å²) in [6.45, 7) is 2.08. The lowest BCUT2D eigenvalue weighted by Crippen LogP contribution is -2.32. The fraction of sp³-hybridized carbons (Fsp3) is 0.370. The standard InChI is InChI=1S/C27H31NOS/c1-20(12-13-21-8-4-2-5-9-21)28-27(29)26-19-18-25(30-26)24-16-14-23(15-17-24)22-10-6-3-7-11-22/h2,4-5,8-9,14-20,22H,3,6-7,10-13H2,1H3,(H,28,29). The summed E-state index contributed by atoms with van der Waals surface area (Å²) in [5.41, 5.74) is 3.99. The highest BCUT2D eigenvalue weighted by Crippen LogP contribution is 2.34. The maximum Gasteiger partial charge on any atom is 0.261 e. The molecule has 4 rings (SSSR count). The van der Waals surface area contributed by atoms with Crippen molar-refractivity contribution < 1.29 is 4.79 Å². The predicted molar refractivity (Wildman–Crippen MR) is 127 cm³/mol. The van der Waals surface area contributed by atoms with Crippen LogP contribution in [0.1, 0.15) is 72.2 Å². The van der Waals surface area contributed by atoms with Crippen molar-refractivity contribution >= 4 is 17.2 Å². The highest BCUT2D eigenvalue weighted by atomic mass is 32.1. The molecule has 2 aromatic carbocycles. The van der Waals surface area contributed by atoms with E-state index in [-0.39, 0.29) is 11.9 Å². The number of benzene rings is 2. The molecule has 0 saturated heterocycles. The van der Waals surface area contributed by atoms with Crippen LogP contribution in [0.25, 0.3) is 10.4 Å². The second kappa shape index (κ2) is 10.1. The fourth-order valence-corrected chi connectivity index (χ4v) is 5.28. The Labute approximate surface area is 184 Å². The number of nitrogens with one attached hydrogen (secondary N) is 1. The van der Waals surface area contributed by atoms with E-state index in [0.717, 1.165) is 28.5 Å². The largest absolute Gasteiger partial charge is 0.349 e. The number of aryl methyl sites for hydroxylation is 1. The number of thiophene rings is 1. The van der Waals surface area contributed by atoms with Gasteiger partial charge >= 0.3 is 0 Å². The molecule has 30 heavy (non-hydrogen) atoms. The van der Waals surface area contributed by atoms with E-state index in [1.165, 1.54) is 48.8 Å². The normalized spacial score (nSPS) is 15.6. The van der Waals surface area contributed by atoms with Crippen LogP contribution in [0.4, 0.5) is 0 Å². The van der Waals surface area contributed by atoms with Gasteiger partial charge in [-0.05, 0) is 67.3 Å². The van der Waals surface area contributed by atoms with Crippen LogP contribution >= 0.6 is 11.3 Å². The van der Waals surface area contributed by atoms with Gasteiger partial charge in [0.1, 0.15) is 0 Å². The summed E-state index contributed by atoms with van der Waals surface area (Å²) in [5, 5.41) is 3.15. The molecule has 1 aromatic heterocycles. The second-order valence-electron chi connectivity index (χ2n) is 8.52. The molecule has 1 atom stereocenters. The molecule has 0 spiro atoms. The van der Waals surface area contributed by atoms with E-state index in [4.69, 9.17) is 0 Å². The van der Waals surface area contributed by atoms with Crippen molar-refractivity contribution in [3.63, 3.8) is 0 Å². The number of amides is 1. The molecule has 1 aliphatic rings. The third-order valence-corrected chi connectivity index (χ3v) is 7.32. The lowest BCUT2D eigenvalue weighted by Gasteiger charge is -2.22. The van der Waals surface area contributed by atoms with Crippen LogP contribution in [0.15, 0.2) is 66.7 Å². The molecule has 1 amide bonds. The van der Waals surface area contributed by atoms with Gasteiger partial charge in [0, 0.05) is 10.9 Å². The first-order valence-corrected chi connectivity index (χ1v) is 12.1. The Morgan fingerprint density at radius 3 is 2.43 bits per heavy atom. The van der Waals surface area contributed by atoms with Crippen LogP contribution in [0, 0.1) is 0 Å². The van der Waals surface area contributed by atoms with Crippen molar-refractivity contribution in [2.24, 2.45) is 0 Å². The van der Waals surface area contributed by atoms with Crippen molar-refractivity contribution in [2.45, 2.75) is 63.8 Å². The van der Waals surface area contributed by atoms with Crippen LogP contribution in [-0.4, -0.2) is 11.9 Å². The molecule has 1 saturated carbocycles. The predicted octanol–water partition coefficient (Wildman–Crippen LogP) is 7.21. The molecule has 156 valence electrons. The maximum absolute atomic E-state index is 12.7. The fourth-order valence-electron chi connectivity index (χ4n) is 4.37. The van der Waals surface area contributed by atoms with Crippen LogP contribution in [-0.2, 0) is 6.42 Å². The van der Waals surface area contributed by atoms with Crippen molar-refractivity contribution in [1.29, 1.82) is 0 Å². The number of hydrogen-bond acceptors (Lipinski definition) is 2. The summed E-state index contributed by atoms with van der Waals surface area (Å²) in [7, 11) is 0. The third-order valence-electron chi connectivity index (χ3n) is 6.19. The molecule has 1 fully saturated rings. The Balaban J connectivity index is 1.33. The van der Waals surface area contributed by atoms with Gasteiger partial charge < -0.3 is 5.32 Å². The minimum Gasteiger partial charge on any atom is -0.349 e. The highest BCUT2D eigenvalue weighted by Gasteiger charge is 2.16. The van der Waals surface area contributed by atoms with Gasteiger partial charge in [-0.15, -0.1) is 11.3 Å². The molecular formula is C27H31NOS. The molecular weight excluding hydrogens is 386 g/mol. The van der Waals surface area contributed by atoms with Gasteiger partial charge in [-0.2, -0.15) is 0 Å². The Kier molecular flexibility index (Phi) is 7.01. The Morgan fingerprint density at radius 2 is 1.70 bits per heavy atom. The van der Waals surface area contributed by atoms with E-state index in [0.29, 0.717) is 0 Å². The van der Waals surface area contributed by atoms with Crippen LogP contribution in [0.5, 0.6) is 0 Å². The van der Waals surface area contributed by atoms with Gasteiger partial charge in [-0.25, -0.2) is 0 Å². The summed E-state index contributed by atoms with van der Waals surface area (Å²) < 4.78 is 0. The molecule has 1 N–H and O–H groups in total. The summed E-state index contributed by atoms with van der Waals surface area (Å²) >= 11 is 1.58. The zero-order chi connectivity index (χ0) is 20.8. The highest BCUT2D eigenvalue weighted by molar-refractivity contribution is 7.17. The summed E-state index contributed by atoms with van der Waals surface area (Å²) in [6.07, 6.45) is 8.68. The first-order valence-electron chi connectivity index (χ1n) is 11.2. The molecule has 0 radical (unpaired) electrons. The van der Waals surface area contributed by atoms with Gasteiger partial charge in [0.15, 0.2) is 0 Å². The van der Waals surface area contributed by atoms with E-state index in [2.05, 4.69) is 66.8 Å². The first-order chi connectivity index (χ1) is 14.7. The Bertz CT molecular complexity index is 939. The zero-order valence-corrected chi connectivity index (χ0v) is 18.6. The number of hydrogen-bond donors (Lipinski definition) is 1. The average Bonchev–Trinajstić information content (AvgIpc) is 3.30. The minimum atomic E-state index is 0.0330. The Morgan fingerprint density at radius 1 is 0.967 bits per heavy atom. The number of carbonyl (C=O) groups excluding carboxylic acids is 1. The van der Waals surface area contributed by atoms with Crippen molar-refractivity contribution in [1.82, 2.24) is 5.32 Å².